The van der Waals surface area contributed by atoms with Crippen LogP contribution in [0.4, 0.5) is 5.69 Å². The zero-order valence-corrected chi connectivity index (χ0v) is 10.7. The summed E-state index contributed by atoms with van der Waals surface area (Å²) in [5.41, 5.74) is 0.450. The maximum Gasteiger partial charge on any atom is 0.337 e. The van der Waals surface area contributed by atoms with Crippen molar-refractivity contribution in [2.75, 3.05) is 12.4 Å². The average Bonchev–Trinajstić information content (AvgIpc) is 2.42. The molecule has 0 aromatic carbocycles. The van der Waals surface area contributed by atoms with Crippen LogP contribution in [0.25, 0.3) is 0 Å². The predicted molar refractivity (Wildman–Crippen MR) is 69.3 cm³/mol. The van der Waals surface area contributed by atoms with Gasteiger partial charge in [0.25, 0.3) is 5.91 Å². The zero-order chi connectivity index (χ0) is 14.7. The summed E-state index contributed by atoms with van der Waals surface area (Å²) in [5.74, 6) is -1.77. The third-order valence-corrected chi connectivity index (χ3v) is 2.71. The van der Waals surface area contributed by atoms with E-state index in [4.69, 9.17) is 5.11 Å². The predicted octanol–water partition coefficient (Wildman–Crippen LogP) is 0.326. The number of anilines is 1. The van der Waals surface area contributed by atoms with Gasteiger partial charge in [0.05, 0.1) is 17.4 Å². The maximum absolute atomic E-state index is 11.9. The third kappa shape index (κ3) is 2.97. The molecule has 0 saturated heterocycles. The normalized spacial score (nSPS) is 14.8. The number of carbonyl (C=O) groups excluding carboxylic acids is 2. The number of amides is 2. The molecule has 2 heterocycles. The lowest BCUT2D eigenvalue weighted by Gasteiger charge is -2.18. The van der Waals surface area contributed by atoms with Crippen LogP contribution in [0.5, 0.6) is 0 Å². The zero-order valence-electron chi connectivity index (χ0n) is 10.7. The molecule has 1 aromatic heterocycles. The molecule has 1 aliphatic rings. The number of aromatic nitrogens is 1. The van der Waals surface area contributed by atoms with Crippen molar-refractivity contribution in [2.45, 2.75) is 12.8 Å². The van der Waals surface area contributed by atoms with E-state index in [2.05, 4.69) is 15.4 Å². The van der Waals surface area contributed by atoms with Crippen molar-refractivity contribution in [2.24, 2.45) is 5.10 Å². The number of hydrogen-bond acceptors (Lipinski definition) is 5. The number of hydrogen-bond donors (Lipinski definition) is 2. The van der Waals surface area contributed by atoms with Crippen molar-refractivity contribution in [3.05, 3.63) is 24.0 Å². The Bertz CT molecular complexity index is 611. The highest BCUT2D eigenvalue weighted by atomic mass is 16.4. The van der Waals surface area contributed by atoms with Gasteiger partial charge in [-0.1, -0.05) is 0 Å². The molecule has 0 fully saturated rings. The van der Waals surface area contributed by atoms with E-state index in [1.54, 1.807) is 0 Å². The van der Waals surface area contributed by atoms with Gasteiger partial charge in [-0.25, -0.2) is 9.80 Å². The fraction of sp³-hybridized carbons (Fsp3) is 0.250. The van der Waals surface area contributed by atoms with Gasteiger partial charge in [-0.2, -0.15) is 5.10 Å². The lowest BCUT2D eigenvalue weighted by atomic mass is 10.1. The first kappa shape index (κ1) is 13.7. The summed E-state index contributed by atoms with van der Waals surface area (Å²) in [7, 11) is 1.47. The molecule has 8 heteroatoms. The Hall–Kier alpha value is -2.77. The molecule has 104 valence electrons. The number of carbonyl (C=O) groups is 3. The fourth-order valence-electron chi connectivity index (χ4n) is 1.66. The minimum Gasteiger partial charge on any atom is -0.478 e. The van der Waals surface area contributed by atoms with Gasteiger partial charge in [0.15, 0.2) is 0 Å². The summed E-state index contributed by atoms with van der Waals surface area (Å²) in [6.45, 7) is 0. The van der Waals surface area contributed by atoms with Gasteiger partial charge in [-0.05, 0) is 6.07 Å². The van der Waals surface area contributed by atoms with Crippen LogP contribution in [-0.4, -0.2) is 45.6 Å². The molecular formula is C12H12N4O4. The number of pyridine rings is 1. The van der Waals surface area contributed by atoms with E-state index >= 15 is 0 Å². The van der Waals surface area contributed by atoms with Gasteiger partial charge in [0, 0.05) is 26.1 Å². The van der Waals surface area contributed by atoms with E-state index in [-0.39, 0.29) is 35.7 Å². The maximum atomic E-state index is 11.9. The minimum atomic E-state index is -1.13. The highest BCUT2D eigenvalue weighted by Crippen LogP contribution is 2.11. The van der Waals surface area contributed by atoms with Gasteiger partial charge < -0.3 is 10.4 Å². The number of carboxylic acid groups (broad SMARTS) is 1. The molecule has 2 N–H and O–H groups in total. The number of nitrogens with zero attached hydrogens (tertiary/aromatic N) is 3. The van der Waals surface area contributed by atoms with Gasteiger partial charge in [-0.15, -0.1) is 0 Å². The molecule has 0 atom stereocenters. The number of rotatable bonds is 3. The van der Waals surface area contributed by atoms with E-state index in [0.29, 0.717) is 0 Å². The number of hydrazone groups is 1. The molecule has 0 spiro atoms. The molecule has 8 nitrogen and oxygen atoms in total. The molecule has 0 radical (unpaired) electrons. The van der Waals surface area contributed by atoms with Crippen LogP contribution >= 0.6 is 0 Å². The van der Waals surface area contributed by atoms with Gasteiger partial charge in [-0.3, -0.25) is 14.6 Å². The highest BCUT2D eigenvalue weighted by molar-refractivity contribution is 6.43. The Morgan fingerprint density at radius 3 is 2.75 bits per heavy atom. The molecule has 20 heavy (non-hydrogen) atoms. The molecule has 0 aliphatic carbocycles. The molecular weight excluding hydrogens is 264 g/mol. The van der Waals surface area contributed by atoms with E-state index in [0.717, 1.165) is 5.01 Å². The lowest BCUT2D eigenvalue weighted by molar-refractivity contribution is -0.130. The highest BCUT2D eigenvalue weighted by Gasteiger charge is 2.22. The standard InChI is InChI=1S/C12H12N4O4/c1-16-10(17)3-2-9(15-16)11(18)14-8-4-7(12(19)20)5-13-6-8/h4-6H,2-3H2,1H3,(H,14,18)(H,19,20). The Labute approximate surface area is 114 Å². The van der Waals surface area contributed by atoms with Crippen LogP contribution in [-0.2, 0) is 9.59 Å². The molecule has 2 amide bonds. The van der Waals surface area contributed by atoms with Crippen LogP contribution < -0.4 is 5.32 Å². The summed E-state index contributed by atoms with van der Waals surface area (Å²) < 4.78 is 0. The minimum absolute atomic E-state index is 0.0271. The summed E-state index contributed by atoms with van der Waals surface area (Å²) in [4.78, 5) is 37.7. The molecule has 1 aliphatic heterocycles. The number of aromatic carboxylic acids is 1. The Morgan fingerprint density at radius 1 is 1.35 bits per heavy atom. The largest absolute Gasteiger partial charge is 0.478 e. The quantitative estimate of drug-likeness (QED) is 0.826. The van der Waals surface area contributed by atoms with Crippen LogP contribution in [0.3, 0.4) is 0 Å². The number of nitrogens with one attached hydrogen (secondary N) is 1. The summed E-state index contributed by atoms with van der Waals surface area (Å²) in [5, 5.41) is 16.3. The summed E-state index contributed by atoms with van der Waals surface area (Å²) in [6.07, 6.45) is 2.99. The van der Waals surface area contributed by atoms with Crippen molar-refractivity contribution in [1.29, 1.82) is 0 Å². The van der Waals surface area contributed by atoms with Crippen LogP contribution in [0.15, 0.2) is 23.6 Å². The average molecular weight is 276 g/mol. The van der Waals surface area contributed by atoms with Crippen molar-refractivity contribution in [3.63, 3.8) is 0 Å². The first-order valence-corrected chi connectivity index (χ1v) is 5.81. The molecule has 2 rings (SSSR count). The summed E-state index contributed by atoms with van der Waals surface area (Å²) in [6, 6.07) is 1.30. The van der Waals surface area contributed by atoms with Gasteiger partial charge >= 0.3 is 5.97 Å². The third-order valence-electron chi connectivity index (χ3n) is 2.71. The second-order valence-corrected chi connectivity index (χ2v) is 4.19. The Kier molecular flexibility index (Phi) is 3.74. The monoisotopic (exact) mass is 276 g/mol. The number of carboxylic acids is 1. The first-order chi connectivity index (χ1) is 9.47. The van der Waals surface area contributed by atoms with Crippen molar-refractivity contribution >= 4 is 29.2 Å². The Balaban J connectivity index is 2.12. The van der Waals surface area contributed by atoms with E-state index in [9.17, 15) is 14.4 Å². The van der Waals surface area contributed by atoms with E-state index in [1.807, 2.05) is 0 Å². The second kappa shape index (κ2) is 5.47. The Morgan fingerprint density at radius 2 is 2.10 bits per heavy atom. The SMILES string of the molecule is CN1N=C(C(=O)Nc2cncc(C(=O)O)c2)CCC1=O. The van der Waals surface area contributed by atoms with Crippen molar-refractivity contribution < 1.29 is 19.5 Å². The lowest BCUT2D eigenvalue weighted by Crippen LogP contribution is -2.34. The molecule has 0 saturated carbocycles. The second-order valence-electron chi connectivity index (χ2n) is 4.19. The topological polar surface area (TPSA) is 112 Å². The summed E-state index contributed by atoms with van der Waals surface area (Å²) >= 11 is 0. The van der Waals surface area contributed by atoms with Crippen LogP contribution in [0, 0.1) is 0 Å². The first-order valence-electron chi connectivity index (χ1n) is 5.81. The smallest absolute Gasteiger partial charge is 0.337 e. The van der Waals surface area contributed by atoms with Crippen LogP contribution in [0.1, 0.15) is 23.2 Å². The van der Waals surface area contributed by atoms with Crippen LogP contribution in [0.2, 0.25) is 0 Å². The fourth-order valence-corrected chi connectivity index (χ4v) is 1.66. The van der Waals surface area contributed by atoms with E-state index < -0.39 is 11.9 Å². The molecule has 0 unspecified atom stereocenters. The van der Waals surface area contributed by atoms with E-state index in [1.165, 1.54) is 25.5 Å². The van der Waals surface area contributed by atoms with Gasteiger partial charge in [0.2, 0.25) is 5.91 Å². The molecule has 1 aromatic rings. The van der Waals surface area contributed by atoms with Gasteiger partial charge in [0.1, 0.15) is 5.71 Å². The van der Waals surface area contributed by atoms with Crippen molar-refractivity contribution in [1.82, 2.24) is 9.99 Å². The molecule has 0 bridgehead atoms. The van der Waals surface area contributed by atoms with Crippen molar-refractivity contribution in [3.8, 4) is 0 Å².